The molecule has 0 radical (unpaired) electrons. The lowest BCUT2D eigenvalue weighted by Gasteiger charge is -2.21. The number of anilines is 1. The minimum atomic E-state index is -0.449. The van der Waals surface area contributed by atoms with Gasteiger partial charge in [-0.25, -0.2) is 0 Å². The van der Waals surface area contributed by atoms with E-state index in [-0.39, 0.29) is 12.3 Å². The van der Waals surface area contributed by atoms with Crippen LogP contribution in [-0.2, 0) is 6.61 Å². The quantitative estimate of drug-likeness (QED) is 0.610. The fraction of sp³-hybridized carbons (Fsp3) is 0.500. The molecule has 1 rings (SSSR count). The molecule has 1 aromatic rings. The number of nitrogens with zero attached hydrogens (tertiary/aromatic N) is 2. The fourth-order valence-electron chi connectivity index (χ4n) is 1.70. The molecule has 0 aromatic heterocycles. The second kappa shape index (κ2) is 6.20. The van der Waals surface area contributed by atoms with Crippen molar-refractivity contribution in [1.29, 1.82) is 0 Å². The van der Waals surface area contributed by atoms with Crippen molar-refractivity contribution in [2.45, 2.75) is 26.4 Å². The lowest BCUT2D eigenvalue weighted by Crippen LogP contribution is -2.19. The predicted octanol–water partition coefficient (Wildman–Crippen LogP) is 2.32. The fourth-order valence-corrected chi connectivity index (χ4v) is 1.70. The van der Waals surface area contributed by atoms with E-state index >= 15 is 0 Å². The number of hydrogen-bond donors (Lipinski definition) is 1. The van der Waals surface area contributed by atoms with E-state index < -0.39 is 4.92 Å². The highest BCUT2D eigenvalue weighted by Crippen LogP contribution is 2.25. The minimum Gasteiger partial charge on any atom is -0.392 e. The first-order valence-electron chi connectivity index (χ1n) is 5.69. The first kappa shape index (κ1) is 13.4. The normalized spacial score (nSPS) is 10.3. The van der Waals surface area contributed by atoms with Crippen molar-refractivity contribution in [2.24, 2.45) is 0 Å². The molecule has 94 valence electrons. The number of aliphatic hydroxyl groups excluding tert-OH is 1. The van der Waals surface area contributed by atoms with Crippen molar-refractivity contribution in [3.8, 4) is 0 Å². The van der Waals surface area contributed by atoms with E-state index in [0.29, 0.717) is 5.56 Å². The predicted molar refractivity (Wildman–Crippen MR) is 67.2 cm³/mol. The van der Waals surface area contributed by atoms with Crippen molar-refractivity contribution in [2.75, 3.05) is 18.5 Å². The number of aliphatic hydroxyl groups is 1. The van der Waals surface area contributed by atoms with Crippen LogP contribution in [0.3, 0.4) is 0 Å². The Morgan fingerprint density at radius 2 is 2.18 bits per heavy atom. The van der Waals surface area contributed by atoms with Crippen molar-refractivity contribution < 1.29 is 10.0 Å². The van der Waals surface area contributed by atoms with Crippen LogP contribution in [0.5, 0.6) is 0 Å². The zero-order chi connectivity index (χ0) is 12.8. The van der Waals surface area contributed by atoms with E-state index in [1.807, 2.05) is 11.9 Å². The Balaban J connectivity index is 2.95. The zero-order valence-corrected chi connectivity index (χ0v) is 10.2. The number of unbranched alkanes of at least 4 members (excludes halogenated alkanes) is 1. The third-order valence-electron chi connectivity index (χ3n) is 2.70. The van der Waals surface area contributed by atoms with E-state index in [9.17, 15) is 15.2 Å². The molecule has 5 nitrogen and oxygen atoms in total. The maximum atomic E-state index is 10.6. The molecule has 1 N–H and O–H groups in total. The SMILES string of the molecule is CCCCN(C)c1ccc([N+](=O)[O-])cc1CO. The van der Waals surface area contributed by atoms with Gasteiger partial charge in [-0.05, 0) is 12.5 Å². The van der Waals surface area contributed by atoms with Crippen molar-refractivity contribution in [1.82, 2.24) is 0 Å². The van der Waals surface area contributed by atoms with Gasteiger partial charge in [-0.3, -0.25) is 10.1 Å². The third-order valence-corrected chi connectivity index (χ3v) is 2.70. The number of benzene rings is 1. The molecule has 0 fully saturated rings. The van der Waals surface area contributed by atoms with Gasteiger partial charge in [-0.2, -0.15) is 0 Å². The molecule has 0 aliphatic carbocycles. The summed E-state index contributed by atoms with van der Waals surface area (Å²) in [4.78, 5) is 12.2. The maximum absolute atomic E-state index is 10.6. The molecular formula is C12H18N2O3. The summed E-state index contributed by atoms with van der Waals surface area (Å²) < 4.78 is 0. The number of nitro benzene ring substituents is 1. The molecule has 0 atom stereocenters. The van der Waals surface area contributed by atoms with Crippen LogP contribution in [0, 0.1) is 10.1 Å². The highest BCUT2D eigenvalue weighted by molar-refractivity contribution is 5.57. The molecule has 0 bridgehead atoms. The first-order chi connectivity index (χ1) is 8.10. The molecule has 0 saturated carbocycles. The lowest BCUT2D eigenvalue weighted by molar-refractivity contribution is -0.384. The van der Waals surface area contributed by atoms with Gasteiger partial charge < -0.3 is 10.0 Å². The van der Waals surface area contributed by atoms with Crippen LogP contribution in [0.15, 0.2) is 18.2 Å². The Hall–Kier alpha value is -1.62. The van der Waals surface area contributed by atoms with Gasteiger partial charge in [0.05, 0.1) is 11.5 Å². The molecule has 0 spiro atoms. The molecule has 1 aromatic carbocycles. The summed E-state index contributed by atoms with van der Waals surface area (Å²) in [6.45, 7) is 2.80. The second-order valence-electron chi connectivity index (χ2n) is 4.00. The summed E-state index contributed by atoms with van der Waals surface area (Å²) in [6, 6.07) is 4.59. The average molecular weight is 238 g/mol. The standard InChI is InChI=1S/C12H18N2O3/c1-3-4-7-13(2)12-6-5-11(14(16)17)8-10(12)9-15/h5-6,8,15H,3-4,7,9H2,1-2H3. The van der Waals surface area contributed by atoms with Crippen LogP contribution in [0.1, 0.15) is 25.3 Å². The number of hydrogen-bond acceptors (Lipinski definition) is 4. The lowest BCUT2D eigenvalue weighted by atomic mass is 10.1. The molecule has 0 heterocycles. The van der Waals surface area contributed by atoms with E-state index in [1.54, 1.807) is 6.07 Å². The first-order valence-corrected chi connectivity index (χ1v) is 5.69. The summed E-state index contributed by atoms with van der Waals surface area (Å²) in [7, 11) is 1.93. The third kappa shape index (κ3) is 3.42. The number of rotatable bonds is 6. The van der Waals surface area contributed by atoms with Gasteiger partial charge in [-0.1, -0.05) is 13.3 Å². The van der Waals surface area contributed by atoms with E-state index in [1.165, 1.54) is 12.1 Å². The summed E-state index contributed by atoms with van der Waals surface area (Å²) in [5, 5.41) is 19.9. The Bertz CT molecular complexity index is 393. The van der Waals surface area contributed by atoms with Crippen LogP contribution >= 0.6 is 0 Å². The van der Waals surface area contributed by atoms with Gasteiger partial charge in [-0.15, -0.1) is 0 Å². The summed E-state index contributed by atoms with van der Waals surface area (Å²) in [5.74, 6) is 0. The molecular weight excluding hydrogens is 220 g/mol. The van der Waals surface area contributed by atoms with Crippen LogP contribution in [0.25, 0.3) is 0 Å². The second-order valence-corrected chi connectivity index (χ2v) is 4.00. The van der Waals surface area contributed by atoms with Crippen LogP contribution in [0.2, 0.25) is 0 Å². The molecule has 0 unspecified atom stereocenters. The van der Waals surface area contributed by atoms with Crippen LogP contribution in [-0.4, -0.2) is 23.6 Å². The highest BCUT2D eigenvalue weighted by Gasteiger charge is 2.12. The van der Waals surface area contributed by atoms with Gasteiger partial charge in [0.1, 0.15) is 0 Å². The summed E-state index contributed by atoms with van der Waals surface area (Å²) >= 11 is 0. The van der Waals surface area contributed by atoms with Gasteiger partial charge in [0, 0.05) is 37.0 Å². The molecule has 17 heavy (non-hydrogen) atoms. The number of nitro groups is 1. The van der Waals surface area contributed by atoms with Crippen LogP contribution in [0.4, 0.5) is 11.4 Å². The van der Waals surface area contributed by atoms with Gasteiger partial charge >= 0.3 is 0 Å². The Kier molecular flexibility index (Phi) is 4.90. The summed E-state index contributed by atoms with van der Waals surface area (Å²) in [5.41, 5.74) is 1.46. The average Bonchev–Trinajstić information content (AvgIpc) is 2.34. The molecule has 5 heteroatoms. The van der Waals surface area contributed by atoms with Gasteiger partial charge in [0.15, 0.2) is 0 Å². The Labute approximate surface area is 101 Å². The van der Waals surface area contributed by atoms with E-state index in [2.05, 4.69) is 6.92 Å². The topological polar surface area (TPSA) is 66.6 Å². The van der Waals surface area contributed by atoms with Crippen molar-refractivity contribution in [3.63, 3.8) is 0 Å². The van der Waals surface area contributed by atoms with Crippen molar-refractivity contribution >= 4 is 11.4 Å². The minimum absolute atomic E-state index is 0.0155. The Morgan fingerprint density at radius 1 is 1.47 bits per heavy atom. The van der Waals surface area contributed by atoms with E-state index in [0.717, 1.165) is 25.1 Å². The number of non-ortho nitro benzene ring substituents is 1. The van der Waals surface area contributed by atoms with Crippen molar-refractivity contribution in [3.05, 3.63) is 33.9 Å². The maximum Gasteiger partial charge on any atom is 0.269 e. The Morgan fingerprint density at radius 3 is 2.71 bits per heavy atom. The van der Waals surface area contributed by atoms with Gasteiger partial charge in [0.25, 0.3) is 5.69 Å². The molecule has 0 aliphatic heterocycles. The van der Waals surface area contributed by atoms with E-state index in [4.69, 9.17) is 0 Å². The molecule has 0 aliphatic rings. The van der Waals surface area contributed by atoms with Gasteiger partial charge in [0.2, 0.25) is 0 Å². The smallest absolute Gasteiger partial charge is 0.269 e. The molecule has 0 saturated heterocycles. The highest BCUT2D eigenvalue weighted by atomic mass is 16.6. The summed E-state index contributed by atoms with van der Waals surface area (Å²) in [6.07, 6.45) is 2.14. The molecule has 0 amide bonds. The zero-order valence-electron chi connectivity index (χ0n) is 10.2. The van der Waals surface area contributed by atoms with Crippen LogP contribution < -0.4 is 4.90 Å². The monoisotopic (exact) mass is 238 g/mol. The largest absolute Gasteiger partial charge is 0.392 e.